The molecule has 2 heterocycles. The second kappa shape index (κ2) is 5.81. The molecule has 5 heteroatoms. The van der Waals surface area contributed by atoms with Gasteiger partial charge < -0.3 is 14.8 Å². The van der Waals surface area contributed by atoms with Crippen LogP contribution in [0.4, 0.5) is 0 Å². The first-order chi connectivity index (χ1) is 9.79. The van der Waals surface area contributed by atoms with E-state index >= 15 is 0 Å². The van der Waals surface area contributed by atoms with Crippen LogP contribution in [0.1, 0.15) is 48.7 Å². The van der Waals surface area contributed by atoms with Crippen molar-refractivity contribution >= 4 is 0 Å². The Labute approximate surface area is 118 Å². The van der Waals surface area contributed by atoms with E-state index in [0.717, 1.165) is 19.3 Å². The van der Waals surface area contributed by atoms with Gasteiger partial charge in [0.15, 0.2) is 0 Å². The highest BCUT2D eigenvalue weighted by atomic mass is 16.3. The first-order valence-corrected chi connectivity index (χ1v) is 7.23. The Morgan fingerprint density at radius 1 is 1.60 bits per heavy atom. The van der Waals surface area contributed by atoms with Gasteiger partial charge in [0.1, 0.15) is 0 Å². The SMILES string of the molecule is CC(NC1CCCc2c1cnn2CCO)c1ccoc1. The van der Waals surface area contributed by atoms with Gasteiger partial charge in [-0.05, 0) is 32.3 Å². The predicted molar refractivity (Wildman–Crippen MR) is 75.3 cm³/mol. The molecule has 0 amide bonds. The number of nitrogens with one attached hydrogen (secondary N) is 1. The molecule has 5 nitrogen and oxygen atoms in total. The molecule has 0 bridgehead atoms. The van der Waals surface area contributed by atoms with Gasteiger partial charge in [0.2, 0.25) is 0 Å². The van der Waals surface area contributed by atoms with Crippen LogP contribution in [0.5, 0.6) is 0 Å². The minimum atomic E-state index is 0.137. The third-order valence-electron chi connectivity index (χ3n) is 4.07. The van der Waals surface area contributed by atoms with Crippen LogP contribution in [-0.4, -0.2) is 21.5 Å². The smallest absolute Gasteiger partial charge is 0.0950 e. The lowest BCUT2D eigenvalue weighted by atomic mass is 9.92. The van der Waals surface area contributed by atoms with Crippen LogP contribution < -0.4 is 5.32 Å². The average molecular weight is 275 g/mol. The molecule has 0 fully saturated rings. The van der Waals surface area contributed by atoms with Gasteiger partial charge >= 0.3 is 0 Å². The van der Waals surface area contributed by atoms with Crippen molar-refractivity contribution in [3.05, 3.63) is 41.6 Å². The molecule has 2 N–H and O–H groups in total. The van der Waals surface area contributed by atoms with E-state index in [-0.39, 0.29) is 12.6 Å². The molecule has 0 saturated carbocycles. The van der Waals surface area contributed by atoms with Gasteiger partial charge in [-0.3, -0.25) is 4.68 Å². The van der Waals surface area contributed by atoms with Gasteiger partial charge in [-0.2, -0.15) is 5.10 Å². The standard InChI is InChI=1S/C15H21N3O2/c1-11(12-5-8-20-10-12)17-14-3-2-4-15-13(14)9-16-18(15)6-7-19/h5,8-11,14,17,19H,2-4,6-7H2,1H3. The molecule has 20 heavy (non-hydrogen) atoms. The second-order valence-electron chi connectivity index (χ2n) is 5.38. The Morgan fingerprint density at radius 3 is 3.25 bits per heavy atom. The summed E-state index contributed by atoms with van der Waals surface area (Å²) in [6.45, 7) is 2.87. The molecule has 0 aromatic carbocycles. The maximum Gasteiger partial charge on any atom is 0.0950 e. The summed E-state index contributed by atoms with van der Waals surface area (Å²) < 4.78 is 7.08. The van der Waals surface area contributed by atoms with Crippen molar-refractivity contribution < 1.29 is 9.52 Å². The number of fused-ring (bicyclic) bond motifs is 1. The molecule has 1 aliphatic carbocycles. The Kier molecular flexibility index (Phi) is 3.89. The van der Waals surface area contributed by atoms with E-state index in [1.807, 2.05) is 16.9 Å². The number of rotatable bonds is 5. The van der Waals surface area contributed by atoms with Crippen LogP contribution in [0, 0.1) is 0 Å². The van der Waals surface area contributed by atoms with Gasteiger partial charge in [0.05, 0.1) is 31.9 Å². The van der Waals surface area contributed by atoms with E-state index in [4.69, 9.17) is 9.52 Å². The zero-order valence-electron chi connectivity index (χ0n) is 11.7. The van der Waals surface area contributed by atoms with Crippen molar-refractivity contribution in [3.63, 3.8) is 0 Å². The first-order valence-electron chi connectivity index (χ1n) is 7.23. The minimum Gasteiger partial charge on any atom is -0.472 e. The van der Waals surface area contributed by atoms with E-state index in [2.05, 4.69) is 17.3 Å². The summed E-state index contributed by atoms with van der Waals surface area (Å²) in [5, 5.41) is 17.2. The van der Waals surface area contributed by atoms with Crippen LogP contribution in [-0.2, 0) is 13.0 Å². The summed E-state index contributed by atoms with van der Waals surface area (Å²) in [4.78, 5) is 0. The topological polar surface area (TPSA) is 63.2 Å². The van der Waals surface area contributed by atoms with Crippen molar-refractivity contribution in [1.82, 2.24) is 15.1 Å². The molecule has 2 unspecified atom stereocenters. The lowest BCUT2D eigenvalue weighted by Crippen LogP contribution is -2.27. The zero-order valence-corrected chi connectivity index (χ0v) is 11.7. The second-order valence-corrected chi connectivity index (χ2v) is 5.38. The van der Waals surface area contributed by atoms with Crippen LogP contribution in [0.3, 0.4) is 0 Å². The highest BCUT2D eigenvalue weighted by molar-refractivity contribution is 5.25. The Bertz CT molecular complexity index is 547. The number of aliphatic hydroxyl groups excluding tert-OH is 1. The summed E-state index contributed by atoms with van der Waals surface area (Å²) in [6, 6.07) is 2.58. The normalized spacial score (nSPS) is 19.8. The zero-order chi connectivity index (χ0) is 13.9. The van der Waals surface area contributed by atoms with Crippen molar-refractivity contribution in [2.24, 2.45) is 0 Å². The van der Waals surface area contributed by atoms with Crippen LogP contribution in [0.2, 0.25) is 0 Å². The van der Waals surface area contributed by atoms with E-state index in [9.17, 15) is 0 Å². The van der Waals surface area contributed by atoms with Gasteiger partial charge in [0, 0.05) is 28.9 Å². The quantitative estimate of drug-likeness (QED) is 0.878. The number of nitrogens with zero attached hydrogens (tertiary/aromatic N) is 2. The van der Waals surface area contributed by atoms with Crippen molar-refractivity contribution in [3.8, 4) is 0 Å². The van der Waals surface area contributed by atoms with Gasteiger partial charge in [0.25, 0.3) is 0 Å². The molecule has 3 rings (SSSR count). The summed E-state index contributed by atoms with van der Waals surface area (Å²) in [7, 11) is 0. The summed E-state index contributed by atoms with van der Waals surface area (Å²) in [5.41, 5.74) is 3.71. The monoisotopic (exact) mass is 275 g/mol. The molecule has 0 radical (unpaired) electrons. The third-order valence-corrected chi connectivity index (χ3v) is 4.07. The molecular formula is C15H21N3O2. The number of furan rings is 1. The summed E-state index contributed by atoms with van der Waals surface area (Å²) in [6.07, 6.45) is 8.77. The van der Waals surface area contributed by atoms with Crippen molar-refractivity contribution in [2.45, 2.75) is 44.8 Å². The molecule has 1 aliphatic rings. The fraction of sp³-hybridized carbons (Fsp3) is 0.533. The molecule has 0 saturated heterocycles. The average Bonchev–Trinajstić information content (AvgIpc) is 3.09. The van der Waals surface area contributed by atoms with Crippen LogP contribution in [0.15, 0.2) is 29.2 Å². The maximum absolute atomic E-state index is 9.09. The van der Waals surface area contributed by atoms with Gasteiger partial charge in [-0.1, -0.05) is 0 Å². The maximum atomic E-state index is 9.09. The fourth-order valence-electron chi connectivity index (χ4n) is 3.00. The number of hydrogen-bond acceptors (Lipinski definition) is 4. The van der Waals surface area contributed by atoms with E-state index < -0.39 is 0 Å². The van der Waals surface area contributed by atoms with Crippen LogP contribution >= 0.6 is 0 Å². The Hall–Kier alpha value is -1.59. The molecule has 0 spiro atoms. The number of hydrogen-bond donors (Lipinski definition) is 2. The van der Waals surface area contributed by atoms with Crippen molar-refractivity contribution in [1.29, 1.82) is 0 Å². The third kappa shape index (κ3) is 2.51. The van der Waals surface area contributed by atoms with Gasteiger partial charge in [-0.25, -0.2) is 0 Å². The highest BCUT2D eigenvalue weighted by Crippen LogP contribution is 2.31. The Balaban J connectivity index is 1.76. The fourth-order valence-corrected chi connectivity index (χ4v) is 3.00. The largest absolute Gasteiger partial charge is 0.472 e. The van der Waals surface area contributed by atoms with E-state index in [0.29, 0.717) is 12.6 Å². The molecular weight excluding hydrogens is 254 g/mol. The molecule has 2 atom stereocenters. The van der Waals surface area contributed by atoms with E-state index in [1.165, 1.54) is 16.8 Å². The lowest BCUT2D eigenvalue weighted by molar-refractivity contribution is 0.266. The Morgan fingerprint density at radius 2 is 2.50 bits per heavy atom. The van der Waals surface area contributed by atoms with Crippen molar-refractivity contribution in [2.75, 3.05) is 6.61 Å². The molecule has 2 aromatic heterocycles. The number of aliphatic hydroxyl groups is 1. The van der Waals surface area contributed by atoms with Gasteiger partial charge in [-0.15, -0.1) is 0 Å². The predicted octanol–water partition coefficient (Wildman–Crippen LogP) is 2.20. The highest BCUT2D eigenvalue weighted by Gasteiger charge is 2.25. The first kappa shape index (κ1) is 13.4. The molecule has 108 valence electrons. The lowest BCUT2D eigenvalue weighted by Gasteiger charge is -2.27. The minimum absolute atomic E-state index is 0.137. The van der Waals surface area contributed by atoms with E-state index in [1.54, 1.807) is 12.5 Å². The molecule has 0 aliphatic heterocycles. The van der Waals surface area contributed by atoms with Crippen LogP contribution in [0.25, 0.3) is 0 Å². The number of aromatic nitrogens is 2. The molecule has 2 aromatic rings. The summed E-state index contributed by atoms with van der Waals surface area (Å²) >= 11 is 0. The summed E-state index contributed by atoms with van der Waals surface area (Å²) in [5.74, 6) is 0.